The Hall–Kier alpha value is -5.57. The molecule has 2 aromatic rings. The first-order valence-corrected chi connectivity index (χ1v) is 16.1. The standard InChI is InChI=1S/C36H36O15/c1-14-10-21(41)27-31(45)25-23(50-35(27,12-37)33(14)48-17(4)39)8-6-19(29(25)43)20-7-9-24-26(30(20)44)32(46)28-22(42)11-15(2)34(49-18(5)40)36(28,51-24)13-47-16(3)38/h6-9,14-15,33-34,37,43-46H,10-13H2,1-5H3/t14-,15-,33-,34-,35-,36+/m1/s1. The molecule has 270 valence electrons. The number of aliphatic hydroxyl groups excluding tert-OH is 3. The van der Waals surface area contributed by atoms with E-state index in [2.05, 4.69) is 0 Å². The number of esters is 3. The molecule has 2 saturated carbocycles. The molecule has 6 rings (SSSR count). The van der Waals surface area contributed by atoms with Gasteiger partial charge in [0.1, 0.15) is 52.3 Å². The Balaban J connectivity index is 1.51. The van der Waals surface area contributed by atoms with Gasteiger partial charge in [0.05, 0.1) is 17.8 Å². The van der Waals surface area contributed by atoms with Crippen molar-refractivity contribution in [2.75, 3.05) is 13.2 Å². The summed E-state index contributed by atoms with van der Waals surface area (Å²) in [7, 11) is 0. The van der Waals surface area contributed by atoms with E-state index in [0.717, 1.165) is 20.8 Å². The molecule has 0 unspecified atom stereocenters. The zero-order valence-electron chi connectivity index (χ0n) is 28.3. The van der Waals surface area contributed by atoms with Gasteiger partial charge in [-0.15, -0.1) is 0 Å². The first-order chi connectivity index (χ1) is 24.0. The molecule has 0 spiro atoms. The van der Waals surface area contributed by atoms with E-state index < -0.39 is 112 Å². The summed E-state index contributed by atoms with van der Waals surface area (Å²) in [6.07, 6.45) is -2.74. The molecule has 2 aliphatic heterocycles. The lowest BCUT2D eigenvalue weighted by molar-refractivity contribution is -0.177. The molecule has 2 heterocycles. The minimum Gasteiger partial charge on any atom is -0.506 e. The van der Waals surface area contributed by atoms with Crippen LogP contribution in [0.5, 0.6) is 23.0 Å². The molecule has 2 fully saturated rings. The van der Waals surface area contributed by atoms with E-state index in [0.29, 0.717) is 0 Å². The normalized spacial score (nSPS) is 28.0. The molecule has 51 heavy (non-hydrogen) atoms. The highest BCUT2D eigenvalue weighted by atomic mass is 16.6. The number of ketones is 2. The number of phenolic OH excluding ortho intramolecular Hbond substituents is 2. The predicted molar refractivity (Wildman–Crippen MR) is 173 cm³/mol. The third-order valence-electron chi connectivity index (χ3n) is 9.78. The van der Waals surface area contributed by atoms with Crippen LogP contribution in [-0.2, 0) is 38.2 Å². The zero-order chi connectivity index (χ0) is 37.3. The van der Waals surface area contributed by atoms with Crippen molar-refractivity contribution in [3.63, 3.8) is 0 Å². The molecule has 0 saturated heterocycles. The number of rotatable bonds is 6. The summed E-state index contributed by atoms with van der Waals surface area (Å²) in [5, 5.41) is 57.0. The van der Waals surface area contributed by atoms with Gasteiger partial charge in [0.25, 0.3) is 0 Å². The molecule has 0 aromatic heterocycles. The summed E-state index contributed by atoms with van der Waals surface area (Å²) in [5.74, 6) is -7.82. The van der Waals surface area contributed by atoms with Gasteiger partial charge in [-0.05, 0) is 24.3 Å². The molecule has 0 amide bonds. The molecule has 4 aliphatic rings. The number of carbonyl (C=O) groups excluding carboxylic acids is 5. The second-order valence-corrected chi connectivity index (χ2v) is 13.3. The summed E-state index contributed by atoms with van der Waals surface area (Å²) >= 11 is 0. The van der Waals surface area contributed by atoms with Crippen molar-refractivity contribution >= 4 is 41.0 Å². The highest BCUT2D eigenvalue weighted by Gasteiger charge is 2.61. The molecule has 2 aromatic carbocycles. The van der Waals surface area contributed by atoms with Crippen molar-refractivity contribution in [2.24, 2.45) is 11.8 Å². The number of benzene rings is 2. The van der Waals surface area contributed by atoms with Gasteiger partial charge >= 0.3 is 17.9 Å². The van der Waals surface area contributed by atoms with E-state index in [-0.39, 0.29) is 46.6 Å². The van der Waals surface area contributed by atoms with Crippen molar-refractivity contribution in [3.8, 4) is 34.1 Å². The van der Waals surface area contributed by atoms with Crippen molar-refractivity contribution in [1.82, 2.24) is 0 Å². The number of aromatic hydroxyl groups is 2. The number of Topliss-reactive ketones (excluding diaryl/α,β-unsaturated/α-hetero) is 2. The van der Waals surface area contributed by atoms with Gasteiger partial charge in [0.2, 0.25) is 11.2 Å². The number of hydrogen-bond acceptors (Lipinski definition) is 15. The van der Waals surface area contributed by atoms with E-state index in [4.69, 9.17) is 23.7 Å². The Labute approximate surface area is 290 Å². The Morgan fingerprint density at radius 1 is 0.706 bits per heavy atom. The smallest absolute Gasteiger partial charge is 0.303 e. The molecule has 0 bridgehead atoms. The van der Waals surface area contributed by atoms with Crippen molar-refractivity contribution in [3.05, 3.63) is 46.5 Å². The van der Waals surface area contributed by atoms with Crippen LogP contribution in [0.4, 0.5) is 0 Å². The number of fused-ring (bicyclic) bond motifs is 4. The molecule has 6 atom stereocenters. The first-order valence-electron chi connectivity index (χ1n) is 16.1. The molecule has 15 nitrogen and oxygen atoms in total. The van der Waals surface area contributed by atoms with Crippen molar-refractivity contribution in [1.29, 1.82) is 0 Å². The third-order valence-corrected chi connectivity index (χ3v) is 9.78. The molecule has 2 aliphatic carbocycles. The van der Waals surface area contributed by atoms with E-state index in [9.17, 15) is 49.5 Å². The number of hydrogen-bond donors (Lipinski definition) is 5. The number of ether oxygens (including phenoxy) is 5. The van der Waals surface area contributed by atoms with Crippen molar-refractivity contribution < 1.29 is 73.2 Å². The van der Waals surface area contributed by atoms with Gasteiger partial charge in [-0.3, -0.25) is 24.0 Å². The summed E-state index contributed by atoms with van der Waals surface area (Å²) in [6, 6.07) is 5.22. The van der Waals surface area contributed by atoms with Crippen molar-refractivity contribution in [2.45, 2.75) is 70.9 Å². The van der Waals surface area contributed by atoms with Crippen LogP contribution < -0.4 is 9.47 Å². The predicted octanol–water partition coefficient (Wildman–Crippen LogP) is 3.20. The Kier molecular flexibility index (Phi) is 8.53. The minimum absolute atomic E-state index is 0.120. The lowest BCUT2D eigenvalue weighted by Crippen LogP contribution is -2.63. The fourth-order valence-corrected chi connectivity index (χ4v) is 7.79. The maximum Gasteiger partial charge on any atom is 0.303 e. The quantitative estimate of drug-likeness (QED) is 0.214. The topological polar surface area (TPSA) is 233 Å². The van der Waals surface area contributed by atoms with Crippen LogP contribution in [0, 0.1) is 11.8 Å². The highest BCUT2D eigenvalue weighted by molar-refractivity contribution is 6.08. The zero-order valence-corrected chi connectivity index (χ0v) is 28.3. The minimum atomic E-state index is -1.98. The molecule has 15 heteroatoms. The van der Waals surface area contributed by atoms with Gasteiger partial charge in [0.15, 0.2) is 23.8 Å². The number of carbonyl (C=O) groups is 5. The Bertz CT molecular complexity index is 1970. The summed E-state index contributed by atoms with van der Waals surface area (Å²) in [6.45, 7) is 5.20. The second kappa shape index (κ2) is 12.3. The van der Waals surface area contributed by atoms with Crippen LogP contribution in [-0.4, -0.2) is 91.6 Å². The second-order valence-electron chi connectivity index (χ2n) is 13.3. The highest BCUT2D eigenvalue weighted by Crippen LogP contribution is 2.56. The maximum atomic E-state index is 13.5. The molecule has 5 N–H and O–H groups in total. The van der Waals surface area contributed by atoms with E-state index in [1.54, 1.807) is 13.8 Å². The van der Waals surface area contributed by atoms with Crippen LogP contribution in [0.25, 0.3) is 22.6 Å². The Morgan fingerprint density at radius 3 is 1.53 bits per heavy atom. The largest absolute Gasteiger partial charge is 0.506 e. The van der Waals surface area contributed by atoms with E-state index in [1.165, 1.54) is 24.3 Å². The average molecular weight is 709 g/mol. The molecular weight excluding hydrogens is 672 g/mol. The van der Waals surface area contributed by atoms with Crippen LogP contribution >= 0.6 is 0 Å². The van der Waals surface area contributed by atoms with E-state index in [1.807, 2.05) is 0 Å². The number of phenols is 2. The fourth-order valence-electron chi connectivity index (χ4n) is 7.79. The average Bonchev–Trinajstić information content (AvgIpc) is 3.03. The van der Waals surface area contributed by atoms with E-state index >= 15 is 0 Å². The summed E-state index contributed by atoms with van der Waals surface area (Å²) < 4.78 is 28.7. The molecule has 0 radical (unpaired) electrons. The summed E-state index contributed by atoms with van der Waals surface area (Å²) in [5.41, 5.74) is -5.72. The maximum absolute atomic E-state index is 13.5. The Morgan fingerprint density at radius 2 is 1.12 bits per heavy atom. The van der Waals surface area contributed by atoms with Crippen LogP contribution in [0.2, 0.25) is 0 Å². The van der Waals surface area contributed by atoms with Crippen LogP contribution in [0.15, 0.2) is 35.4 Å². The van der Waals surface area contributed by atoms with Crippen LogP contribution in [0.1, 0.15) is 58.6 Å². The van der Waals surface area contributed by atoms with Gasteiger partial charge in [0, 0.05) is 56.6 Å². The lowest BCUT2D eigenvalue weighted by Gasteiger charge is -2.48. The number of aliphatic hydroxyl groups is 3. The fraction of sp³-hybridized carbons (Fsp3) is 0.417. The van der Waals surface area contributed by atoms with Gasteiger partial charge in [-0.1, -0.05) is 13.8 Å². The van der Waals surface area contributed by atoms with Gasteiger partial charge in [-0.2, -0.15) is 0 Å². The lowest BCUT2D eigenvalue weighted by atomic mass is 9.69. The first kappa shape index (κ1) is 35.3. The monoisotopic (exact) mass is 708 g/mol. The van der Waals surface area contributed by atoms with Gasteiger partial charge in [-0.25, -0.2) is 0 Å². The SMILES string of the molecule is CC(=O)OC[C@]12Oc3ccc(-c4ccc5c(c4O)C(O)=C4C(=O)C[C@@H](C)[C@@H](OC(C)=O)[C@]4(CO)O5)c(O)c3C(O)=C1C(=O)C[C@@H](C)[C@H]2OC(C)=O. The van der Waals surface area contributed by atoms with Gasteiger partial charge < -0.3 is 49.2 Å². The van der Waals surface area contributed by atoms with Crippen LogP contribution in [0.3, 0.4) is 0 Å². The molecular formula is C36H36O15. The third kappa shape index (κ3) is 5.25. The summed E-state index contributed by atoms with van der Waals surface area (Å²) in [4.78, 5) is 62.9.